The van der Waals surface area contributed by atoms with Crippen molar-refractivity contribution in [3.05, 3.63) is 53.6 Å². The number of aromatic nitrogens is 2. The highest BCUT2D eigenvalue weighted by atomic mass is 19.4. The van der Waals surface area contributed by atoms with Crippen LogP contribution < -0.4 is 10.7 Å². The SMILES string of the molecule is FC(F)(F)c1cc(C2=NNCCO2)ccc1NCc1cnccn1. The molecule has 0 bridgehead atoms. The van der Waals surface area contributed by atoms with Crippen molar-refractivity contribution in [1.82, 2.24) is 15.4 Å². The van der Waals surface area contributed by atoms with Crippen LogP contribution in [0, 0.1) is 0 Å². The second-order valence-electron chi connectivity index (χ2n) is 4.98. The predicted molar refractivity (Wildman–Crippen MR) is 81.3 cm³/mol. The molecule has 0 spiro atoms. The average molecular weight is 337 g/mol. The quantitative estimate of drug-likeness (QED) is 0.896. The smallest absolute Gasteiger partial charge is 0.418 e. The van der Waals surface area contributed by atoms with Crippen molar-refractivity contribution in [3.63, 3.8) is 0 Å². The third-order valence-electron chi connectivity index (χ3n) is 3.28. The van der Waals surface area contributed by atoms with E-state index in [2.05, 4.69) is 25.8 Å². The topological polar surface area (TPSA) is 71.4 Å². The molecule has 0 aliphatic carbocycles. The van der Waals surface area contributed by atoms with E-state index in [0.717, 1.165) is 6.07 Å². The maximum atomic E-state index is 13.4. The largest absolute Gasteiger partial charge is 0.474 e. The second kappa shape index (κ2) is 6.73. The average Bonchev–Trinajstić information content (AvgIpc) is 2.61. The first kappa shape index (κ1) is 16.0. The summed E-state index contributed by atoms with van der Waals surface area (Å²) in [5.41, 5.74) is 2.68. The van der Waals surface area contributed by atoms with Gasteiger partial charge in [-0.3, -0.25) is 9.97 Å². The van der Waals surface area contributed by atoms with Gasteiger partial charge in [0.05, 0.1) is 30.5 Å². The van der Waals surface area contributed by atoms with Gasteiger partial charge in [0.15, 0.2) is 0 Å². The van der Waals surface area contributed by atoms with Gasteiger partial charge in [0.1, 0.15) is 6.61 Å². The highest BCUT2D eigenvalue weighted by molar-refractivity contribution is 5.95. The Kier molecular flexibility index (Phi) is 4.50. The molecule has 1 aliphatic rings. The molecule has 126 valence electrons. The van der Waals surface area contributed by atoms with Gasteiger partial charge in [0.25, 0.3) is 0 Å². The lowest BCUT2D eigenvalue weighted by atomic mass is 10.1. The standard InChI is InChI=1S/C15H14F3N5O/c16-15(17,18)12-7-10(14-23-22-5-6-24-14)1-2-13(12)21-9-11-8-19-3-4-20-11/h1-4,7-8,21-22H,5-6,9H2. The van der Waals surface area contributed by atoms with Crippen LogP contribution in [0.1, 0.15) is 16.8 Å². The molecule has 1 aromatic heterocycles. The zero-order chi connectivity index (χ0) is 17.0. The van der Waals surface area contributed by atoms with Crippen LogP contribution in [0.5, 0.6) is 0 Å². The van der Waals surface area contributed by atoms with E-state index < -0.39 is 11.7 Å². The highest BCUT2D eigenvalue weighted by Crippen LogP contribution is 2.36. The number of alkyl halides is 3. The fraction of sp³-hybridized carbons (Fsp3) is 0.267. The molecule has 1 aromatic carbocycles. The van der Waals surface area contributed by atoms with Gasteiger partial charge >= 0.3 is 6.18 Å². The number of hydrazone groups is 1. The molecule has 0 saturated heterocycles. The zero-order valence-electron chi connectivity index (χ0n) is 12.5. The number of anilines is 1. The Labute approximate surface area is 135 Å². The molecule has 6 nitrogen and oxygen atoms in total. The Morgan fingerprint density at radius 3 is 2.79 bits per heavy atom. The summed E-state index contributed by atoms with van der Waals surface area (Å²) in [6, 6.07) is 3.90. The second-order valence-corrected chi connectivity index (χ2v) is 4.98. The van der Waals surface area contributed by atoms with Crippen molar-refractivity contribution in [2.24, 2.45) is 5.10 Å². The van der Waals surface area contributed by atoms with E-state index in [1.54, 1.807) is 0 Å². The van der Waals surface area contributed by atoms with E-state index in [4.69, 9.17) is 4.74 Å². The number of hydrogen-bond acceptors (Lipinski definition) is 6. The summed E-state index contributed by atoms with van der Waals surface area (Å²) >= 11 is 0. The van der Waals surface area contributed by atoms with Crippen LogP contribution in [-0.4, -0.2) is 29.0 Å². The van der Waals surface area contributed by atoms with Gasteiger partial charge in [-0.2, -0.15) is 13.2 Å². The zero-order valence-corrected chi connectivity index (χ0v) is 12.5. The molecular formula is C15H14F3N5O. The van der Waals surface area contributed by atoms with Crippen molar-refractivity contribution in [3.8, 4) is 0 Å². The first-order chi connectivity index (χ1) is 11.5. The van der Waals surface area contributed by atoms with Gasteiger partial charge in [0, 0.05) is 23.6 Å². The van der Waals surface area contributed by atoms with E-state index in [1.807, 2.05) is 0 Å². The van der Waals surface area contributed by atoms with E-state index in [0.29, 0.717) is 18.8 Å². The molecule has 2 N–H and O–H groups in total. The maximum absolute atomic E-state index is 13.4. The lowest BCUT2D eigenvalue weighted by molar-refractivity contribution is -0.137. The first-order valence-electron chi connectivity index (χ1n) is 7.18. The van der Waals surface area contributed by atoms with E-state index in [-0.39, 0.29) is 23.7 Å². The number of hydrogen-bond donors (Lipinski definition) is 2. The molecule has 0 saturated carbocycles. The predicted octanol–water partition coefficient (Wildman–Crippen LogP) is 2.39. The number of benzene rings is 1. The van der Waals surface area contributed by atoms with E-state index >= 15 is 0 Å². The van der Waals surface area contributed by atoms with Gasteiger partial charge in [-0.15, -0.1) is 5.10 Å². The first-order valence-corrected chi connectivity index (χ1v) is 7.18. The Morgan fingerprint density at radius 2 is 2.12 bits per heavy atom. The molecule has 0 unspecified atom stereocenters. The van der Waals surface area contributed by atoms with Gasteiger partial charge in [0.2, 0.25) is 5.90 Å². The maximum Gasteiger partial charge on any atom is 0.418 e. The molecule has 0 fully saturated rings. The van der Waals surface area contributed by atoms with Gasteiger partial charge in [-0.25, -0.2) is 0 Å². The Balaban J connectivity index is 1.87. The van der Waals surface area contributed by atoms with Crippen LogP contribution >= 0.6 is 0 Å². The molecule has 0 amide bonds. The molecule has 2 heterocycles. The van der Waals surface area contributed by atoms with Crippen molar-refractivity contribution in [2.75, 3.05) is 18.5 Å². The van der Waals surface area contributed by atoms with Crippen molar-refractivity contribution >= 4 is 11.6 Å². The minimum atomic E-state index is -4.51. The minimum Gasteiger partial charge on any atom is -0.474 e. The number of halogens is 3. The molecule has 0 atom stereocenters. The van der Waals surface area contributed by atoms with E-state index in [1.165, 1.54) is 30.7 Å². The molecule has 2 aromatic rings. The van der Waals surface area contributed by atoms with Crippen molar-refractivity contribution in [2.45, 2.75) is 12.7 Å². The molecule has 1 aliphatic heterocycles. The van der Waals surface area contributed by atoms with Gasteiger partial charge in [-0.05, 0) is 18.2 Å². The number of rotatable bonds is 4. The van der Waals surface area contributed by atoms with Crippen LogP contribution in [0.3, 0.4) is 0 Å². The third kappa shape index (κ3) is 3.73. The number of nitrogens with one attached hydrogen (secondary N) is 2. The van der Waals surface area contributed by atoms with Crippen molar-refractivity contribution in [1.29, 1.82) is 0 Å². The summed E-state index contributed by atoms with van der Waals surface area (Å²) in [6.45, 7) is 1.01. The molecular weight excluding hydrogens is 323 g/mol. The summed E-state index contributed by atoms with van der Waals surface area (Å²) in [5, 5.41) is 6.63. The Morgan fingerprint density at radius 1 is 1.25 bits per heavy atom. The van der Waals surface area contributed by atoms with Crippen LogP contribution in [0.15, 0.2) is 41.9 Å². The van der Waals surface area contributed by atoms with Gasteiger partial charge < -0.3 is 15.5 Å². The molecule has 9 heteroatoms. The minimum absolute atomic E-state index is 0.0405. The summed E-state index contributed by atoms with van der Waals surface area (Å²) < 4.78 is 45.4. The Bertz CT molecular complexity index is 734. The summed E-state index contributed by atoms with van der Waals surface area (Å²) in [4.78, 5) is 7.90. The lowest BCUT2D eigenvalue weighted by Gasteiger charge is -2.18. The molecule has 3 rings (SSSR count). The normalized spacial score (nSPS) is 14.4. The van der Waals surface area contributed by atoms with Crippen LogP contribution in [-0.2, 0) is 17.5 Å². The fourth-order valence-electron chi connectivity index (χ4n) is 2.17. The summed E-state index contributed by atoms with van der Waals surface area (Å²) in [5.74, 6) is 0.146. The number of ether oxygens (including phenoxy) is 1. The fourth-order valence-corrected chi connectivity index (χ4v) is 2.17. The highest BCUT2D eigenvalue weighted by Gasteiger charge is 2.34. The Hall–Kier alpha value is -2.84. The van der Waals surface area contributed by atoms with Crippen LogP contribution in [0.25, 0.3) is 0 Å². The third-order valence-corrected chi connectivity index (χ3v) is 3.28. The van der Waals surface area contributed by atoms with Crippen LogP contribution in [0.4, 0.5) is 18.9 Å². The number of nitrogens with zero attached hydrogens (tertiary/aromatic N) is 3. The van der Waals surface area contributed by atoms with Crippen molar-refractivity contribution < 1.29 is 17.9 Å². The lowest BCUT2D eigenvalue weighted by Crippen LogP contribution is -2.26. The van der Waals surface area contributed by atoms with Gasteiger partial charge in [-0.1, -0.05) is 0 Å². The molecule has 0 radical (unpaired) electrons. The summed E-state index contributed by atoms with van der Waals surface area (Å²) in [7, 11) is 0. The van der Waals surface area contributed by atoms with Crippen LogP contribution in [0.2, 0.25) is 0 Å². The monoisotopic (exact) mass is 337 g/mol. The van der Waals surface area contributed by atoms with E-state index in [9.17, 15) is 13.2 Å². The summed E-state index contributed by atoms with van der Waals surface area (Å²) in [6.07, 6.45) is -0.0387. The molecule has 24 heavy (non-hydrogen) atoms.